The van der Waals surface area contributed by atoms with Crippen molar-refractivity contribution in [1.82, 2.24) is 5.32 Å². The average molecular weight is 188 g/mol. The number of carbonyl (C=O) groups excluding carboxylic acids is 2. The van der Waals surface area contributed by atoms with Gasteiger partial charge in [-0.2, -0.15) is 0 Å². The standard InChI is InChI=1S/C8H16N2O3/c1-2-8(12)10-4-6-13-5-3-7(9)11/h2-6H2,1H3,(H2,9,11)(H,10,12). The maximum atomic E-state index is 10.7. The molecular formula is C8H16N2O3. The Labute approximate surface area is 77.6 Å². The second-order valence-corrected chi connectivity index (χ2v) is 2.53. The zero-order valence-corrected chi connectivity index (χ0v) is 7.84. The molecule has 0 saturated carbocycles. The van der Waals surface area contributed by atoms with E-state index in [9.17, 15) is 9.59 Å². The summed E-state index contributed by atoms with van der Waals surface area (Å²) in [4.78, 5) is 21.0. The lowest BCUT2D eigenvalue weighted by Gasteiger charge is -2.03. The number of nitrogens with one attached hydrogen (secondary N) is 1. The molecule has 76 valence electrons. The Kier molecular flexibility index (Phi) is 6.91. The fourth-order valence-electron chi connectivity index (χ4n) is 0.662. The Morgan fingerprint density at radius 3 is 2.62 bits per heavy atom. The van der Waals surface area contributed by atoms with Crippen molar-refractivity contribution in [3.8, 4) is 0 Å². The Morgan fingerprint density at radius 1 is 1.38 bits per heavy atom. The Morgan fingerprint density at radius 2 is 2.08 bits per heavy atom. The molecule has 3 N–H and O–H groups in total. The molecule has 0 aliphatic carbocycles. The lowest BCUT2D eigenvalue weighted by atomic mass is 10.4. The molecule has 0 aromatic carbocycles. The summed E-state index contributed by atoms with van der Waals surface area (Å²) in [7, 11) is 0. The highest BCUT2D eigenvalue weighted by Crippen LogP contribution is 1.80. The first kappa shape index (κ1) is 11.9. The molecule has 0 rings (SSSR count). The van der Waals surface area contributed by atoms with Crippen LogP contribution < -0.4 is 11.1 Å². The third-order valence-corrected chi connectivity index (χ3v) is 1.38. The van der Waals surface area contributed by atoms with Crippen molar-refractivity contribution in [3.63, 3.8) is 0 Å². The van der Waals surface area contributed by atoms with Gasteiger partial charge in [0.05, 0.1) is 13.2 Å². The maximum absolute atomic E-state index is 10.7. The minimum atomic E-state index is -0.377. The molecule has 0 aromatic rings. The van der Waals surface area contributed by atoms with E-state index in [0.717, 1.165) is 0 Å². The summed E-state index contributed by atoms with van der Waals surface area (Å²) in [6, 6.07) is 0. The van der Waals surface area contributed by atoms with Gasteiger partial charge in [-0.25, -0.2) is 0 Å². The highest BCUT2D eigenvalue weighted by molar-refractivity contribution is 5.75. The van der Waals surface area contributed by atoms with Crippen molar-refractivity contribution in [2.45, 2.75) is 19.8 Å². The second-order valence-electron chi connectivity index (χ2n) is 2.53. The highest BCUT2D eigenvalue weighted by Gasteiger charge is 1.96. The van der Waals surface area contributed by atoms with Gasteiger partial charge in [0, 0.05) is 19.4 Å². The topological polar surface area (TPSA) is 81.4 Å². The van der Waals surface area contributed by atoms with Crippen molar-refractivity contribution in [3.05, 3.63) is 0 Å². The molecule has 0 aromatic heterocycles. The van der Waals surface area contributed by atoms with Crippen LogP contribution >= 0.6 is 0 Å². The maximum Gasteiger partial charge on any atom is 0.219 e. The highest BCUT2D eigenvalue weighted by atomic mass is 16.5. The van der Waals surface area contributed by atoms with Gasteiger partial charge in [-0.15, -0.1) is 0 Å². The molecule has 0 atom stereocenters. The van der Waals surface area contributed by atoms with Crippen LogP contribution in [0.2, 0.25) is 0 Å². The molecule has 0 radical (unpaired) electrons. The molecule has 0 aliphatic rings. The van der Waals surface area contributed by atoms with Crippen molar-refractivity contribution in [2.24, 2.45) is 5.73 Å². The molecule has 0 fully saturated rings. The van der Waals surface area contributed by atoms with Gasteiger partial charge in [0.25, 0.3) is 0 Å². The number of amides is 2. The van der Waals surface area contributed by atoms with E-state index in [1.54, 1.807) is 6.92 Å². The summed E-state index contributed by atoms with van der Waals surface area (Å²) in [5.41, 5.74) is 4.89. The molecule has 5 heteroatoms. The number of nitrogens with two attached hydrogens (primary N) is 1. The molecule has 0 heterocycles. The van der Waals surface area contributed by atoms with Gasteiger partial charge in [0.2, 0.25) is 11.8 Å². The molecule has 0 saturated heterocycles. The van der Waals surface area contributed by atoms with Gasteiger partial charge in [-0.1, -0.05) is 6.92 Å². The van der Waals surface area contributed by atoms with Crippen LogP contribution in [0.25, 0.3) is 0 Å². The molecule has 2 amide bonds. The minimum Gasteiger partial charge on any atom is -0.379 e. The summed E-state index contributed by atoms with van der Waals surface area (Å²) in [5.74, 6) is -0.379. The van der Waals surface area contributed by atoms with Crippen LogP contribution in [0.1, 0.15) is 19.8 Å². The summed E-state index contributed by atoms with van der Waals surface area (Å²) in [6.45, 7) is 2.99. The first-order valence-electron chi connectivity index (χ1n) is 4.29. The average Bonchev–Trinajstić information content (AvgIpc) is 2.10. The number of hydrogen-bond donors (Lipinski definition) is 2. The Hall–Kier alpha value is -1.10. The lowest BCUT2D eigenvalue weighted by Crippen LogP contribution is -2.26. The van der Waals surface area contributed by atoms with E-state index < -0.39 is 0 Å². The van der Waals surface area contributed by atoms with Gasteiger partial charge < -0.3 is 15.8 Å². The first-order valence-corrected chi connectivity index (χ1v) is 4.29. The molecule has 0 spiro atoms. The Balaban J connectivity index is 3.08. The van der Waals surface area contributed by atoms with Crippen LogP contribution in [0.4, 0.5) is 0 Å². The predicted molar refractivity (Wildman–Crippen MR) is 47.9 cm³/mol. The largest absolute Gasteiger partial charge is 0.379 e. The van der Waals surface area contributed by atoms with E-state index in [-0.39, 0.29) is 18.2 Å². The molecule has 5 nitrogen and oxygen atoms in total. The van der Waals surface area contributed by atoms with E-state index in [0.29, 0.717) is 26.2 Å². The van der Waals surface area contributed by atoms with Crippen molar-refractivity contribution < 1.29 is 14.3 Å². The summed E-state index contributed by atoms with van der Waals surface area (Å²) in [6.07, 6.45) is 0.697. The SMILES string of the molecule is CCC(=O)NCCOCCC(N)=O. The minimum absolute atomic E-state index is 0.00139. The summed E-state index contributed by atoms with van der Waals surface area (Å²) < 4.78 is 5.02. The number of ether oxygens (including phenoxy) is 1. The van der Waals surface area contributed by atoms with Gasteiger partial charge in [-0.3, -0.25) is 9.59 Å². The third kappa shape index (κ3) is 8.81. The molecule has 0 bridgehead atoms. The lowest BCUT2D eigenvalue weighted by molar-refractivity contribution is -0.121. The van der Waals surface area contributed by atoms with Crippen molar-refractivity contribution in [1.29, 1.82) is 0 Å². The van der Waals surface area contributed by atoms with Gasteiger partial charge in [-0.05, 0) is 0 Å². The number of carbonyl (C=O) groups is 2. The monoisotopic (exact) mass is 188 g/mol. The Bertz CT molecular complexity index is 171. The number of primary amides is 1. The zero-order valence-electron chi connectivity index (χ0n) is 7.84. The fourth-order valence-corrected chi connectivity index (χ4v) is 0.662. The van der Waals surface area contributed by atoms with Gasteiger partial charge in [0.15, 0.2) is 0 Å². The molecule has 13 heavy (non-hydrogen) atoms. The van der Waals surface area contributed by atoms with Crippen molar-refractivity contribution >= 4 is 11.8 Å². The summed E-state index contributed by atoms with van der Waals surface area (Å²) >= 11 is 0. The van der Waals surface area contributed by atoms with Crippen LogP contribution in [0.15, 0.2) is 0 Å². The smallest absolute Gasteiger partial charge is 0.219 e. The van der Waals surface area contributed by atoms with Crippen LogP contribution in [-0.2, 0) is 14.3 Å². The summed E-state index contributed by atoms with van der Waals surface area (Å²) in [5, 5.41) is 2.64. The molecule has 0 aliphatic heterocycles. The van der Waals surface area contributed by atoms with Crippen LogP contribution in [-0.4, -0.2) is 31.6 Å². The molecular weight excluding hydrogens is 172 g/mol. The molecule has 0 unspecified atom stereocenters. The second kappa shape index (κ2) is 7.54. The van der Waals surface area contributed by atoms with E-state index in [1.807, 2.05) is 0 Å². The zero-order chi connectivity index (χ0) is 10.1. The third-order valence-electron chi connectivity index (χ3n) is 1.38. The van der Waals surface area contributed by atoms with Crippen LogP contribution in [0.5, 0.6) is 0 Å². The van der Waals surface area contributed by atoms with E-state index in [1.165, 1.54) is 0 Å². The van der Waals surface area contributed by atoms with E-state index in [2.05, 4.69) is 5.32 Å². The normalized spacial score (nSPS) is 9.62. The fraction of sp³-hybridized carbons (Fsp3) is 0.750. The van der Waals surface area contributed by atoms with Crippen molar-refractivity contribution in [2.75, 3.05) is 19.8 Å². The predicted octanol–water partition coefficient (Wildman–Crippen LogP) is -0.595. The van der Waals surface area contributed by atoms with Gasteiger partial charge >= 0.3 is 0 Å². The van der Waals surface area contributed by atoms with E-state index in [4.69, 9.17) is 10.5 Å². The van der Waals surface area contributed by atoms with E-state index >= 15 is 0 Å². The van der Waals surface area contributed by atoms with Gasteiger partial charge in [0.1, 0.15) is 0 Å². The first-order chi connectivity index (χ1) is 6.16. The van der Waals surface area contributed by atoms with Crippen LogP contribution in [0, 0.1) is 0 Å². The quantitative estimate of drug-likeness (QED) is 0.524. The van der Waals surface area contributed by atoms with Crippen LogP contribution in [0.3, 0.4) is 0 Å². The number of rotatable bonds is 7. The number of hydrogen-bond acceptors (Lipinski definition) is 3.